The van der Waals surface area contributed by atoms with Gasteiger partial charge in [0.15, 0.2) is 0 Å². The Morgan fingerprint density at radius 1 is 1.38 bits per heavy atom. The number of nitrogens with zero attached hydrogens (tertiary/aromatic N) is 1. The highest BCUT2D eigenvalue weighted by atomic mass is 32.1. The summed E-state index contributed by atoms with van der Waals surface area (Å²) < 4.78 is 24.0. The lowest BCUT2D eigenvalue weighted by Gasteiger charge is -2.23. The molecule has 1 aromatic rings. The molecule has 7 heteroatoms. The molecule has 1 amide bonds. The molecule has 0 fully saturated rings. The summed E-state index contributed by atoms with van der Waals surface area (Å²) in [5.41, 5.74) is 5.36. The minimum atomic E-state index is -0.628. The molecule has 0 aliphatic carbocycles. The van der Waals surface area contributed by atoms with Crippen molar-refractivity contribution in [1.29, 1.82) is 0 Å². The van der Waals surface area contributed by atoms with E-state index in [0.29, 0.717) is 31.1 Å². The van der Waals surface area contributed by atoms with Crippen LogP contribution in [0.25, 0.3) is 0 Å². The topological polar surface area (TPSA) is 64.8 Å². The van der Waals surface area contributed by atoms with Crippen molar-refractivity contribution >= 4 is 23.1 Å². The highest BCUT2D eigenvalue weighted by Crippen LogP contribution is 2.23. The minimum Gasteiger partial charge on any atom is -0.496 e. The third-order valence-corrected chi connectivity index (χ3v) is 3.09. The van der Waals surface area contributed by atoms with Gasteiger partial charge >= 0.3 is 0 Å². The first-order valence-corrected chi connectivity index (χ1v) is 6.81. The molecule has 21 heavy (non-hydrogen) atoms. The summed E-state index contributed by atoms with van der Waals surface area (Å²) in [6, 6.07) is 4.25. The maximum Gasteiger partial charge on any atom is 0.260 e. The second-order valence-electron chi connectivity index (χ2n) is 4.32. The molecule has 0 heterocycles. The zero-order valence-electron chi connectivity index (χ0n) is 12.1. The Morgan fingerprint density at radius 3 is 2.67 bits per heavy atom. The third kappa shape index (κ3) is 4.95. The van der Waals surface area contributed by atoms with E-state index in [1.54, 1.807) is 6.07 Å². The molecule has 0 saturated heterocycles. The number of halogens is 1. The van der Waals surface area contributed by atoms with Gasteiger partial charge in [0.2, 0.25) is 0 Å². The molecule has 0 unspecified atom stereocenters. The van der Waals surface area contributed by atoms with E-state index in [9.17, 15) is 9.18 Å². The fourth-order valence-corrected chi connectivity index (χ4v) is 1.89. The number of carbonyl (C=O) groups excluding carboxylic acids is 1. The molecule has 0 aliphatic heterocycles. The van der Waals surface area contributed by atoms with Crippen LogP contribution in [0.5, 0.6) is 5.75 Å². The van der Waals surface area contributed by atoms with Gasteiger partial charge in [-0.05, 0) is 12.1 Å². The van der Waals surface area contributed by atoms with E-state index < -0.39 is 11.7 Å². The number of hydrogen-bond acceptors (Lipinski definition) is 4. The molecule has 0 spiro atoms. The predicted octanol–water partition coefficient (Wildman–Crippen LogP) is 1.60. The molecular formula is C14H19FN2O3S. The van der Waals surface area contributed by atoms with Crippen LogP contribution in [0.15, 0.2) is 18.2 Å². The molecule has 116 valence electrons. The number of amides is 1. The highest BCUT2D eigenvalue weighted by molar-refractivity contribution is 7.80. The second kappa shape index (κ2) is 8.53. The molecule has 1 aromatic carbocycles. The van der Waals surface area contributed by atoms with Crippen molar-refractivity contribution in [2.24, 2.45) is 5.73 Å². The van der Waals surface area contributed by atoms with Gasteiger partial charge in [-0.25, -0.2) is 4.39 Å². The van der Waals surface area contributed by atoms with Crippen molar-refractivity contribution in [2.75, 3.05) is 33.9 Å². The molecule has 1 rings (SSSR count). The van der Waals surface area contributed by atoms with Crippen molar-refractivity contribution in [3.63, 3.8) is 0 Å². The standard InChI is InChI=1S/C14H19FN2O3S/c1-19-9-8-17(7-6-12(16)21)14(18)13-10(15)4-3-5-11(13)20-2/h3-5H,6-9H2,1-2H3,(H2,16,21). The van der Waals surface area contributed by atoms with E-state index in [1.807, 2.05) is 0 Å². The number of hydrogen-bond donors (Lipinski definition) is 1. The average molecular weight is 314 g/mol. The molecule has 0 saturated carbocycles. The number of carbonyl (C=O) groups is 1. The van der Waals surface area contributed by atoms with Gasteiger partial charge in [0.05, 0.1) is 18.7 Å². The fourth-order valence-electron chi connectivity index (χ4n) is 1.80. The van der Waals surface area contributed by atoms with E-state index in [0.717, 1.165) is 0 Å². The second-order valence-corrected chi connectivity index (χ2v) is 4.84. The number of methoxy groups -OCH3 is 2. The van der Waals surface area contributed by atoms with Crippen LogP contribution in [0.2, 0.25) is 0 Å². The normalized spacial score (nSPS) is 10.2. The van der Waals surface area contributed by atoms with E-state index in [4.69, 9.17) is 27.4 Å². The van der Waals surface area contributed by atoms with E-state index in [1.165, 1.54) is 31.3 Å². The summed E-state index contributed by atoms with van der Waals surface area (Å²) in [6.45, 7) is 0.949. The SMILES string of the molecule is COCCN(CCC(N)=S)C(=O)c1c(F)cccc1OC. The van der Waals surface area contributed by atoms with Crippen molar-refractivity contribution < 1.29 is 18.7 Å². The summed E-state index contributed by atoms with van der Waals surface area (Å²) >= 11 is 4.81. The largest absolute Gasteiger partial charge is 0.496 e. The van der Waals surface area contributed by atoms with Gasteiger partial charge in [0, 0.05) is 26.6 Å². The summed E-state index contributed by atoms with van der Waals surface area (Å²) in [4.78, 5) is 14.3. The van der Waals surface area contributed by atoms with Gasteiger partial charge < -0.3 is 20.1 Å². The zero-order chi connectivity index (χ0) is 15.8. The van der Waals surface area contributed by atoms with Crippen LogP contribution in [0, 0.1) is 5.82 Å². The molecule has 0 atom stereocenters. The van der Waals surface area contributed by atoms with Crippen molar-refractivity contribution in [1.82, 2.24) is 4.90 Å². The van der Waals surface area contributed by atoms with Crippen molar-refractivity contribution in [3.8, 4) is 5.75 Å². The van der Waals surface area contributed by atoms with Crippen molar-refractivity contribution in [2.45, 2.75) is 6.42 Å². The summed E-state index contributed by atoms with van der Waals surface area (Å²) in [5.74, 6) is -0.909. The monoisotopic (exact) mass is 314 g/mol. The van der Waals surface area contributed by atoms with Gasteiger partial charge in [-0.3, -0.25) is 4.79 Å². The summed E-state index contributed by atoms with van der Waals surface area (Å²) in [7, 11) is 2.92. The van der Waals surface area contributed by atoms with Crippen LogP contribution in [0.3, 0.4) is 0 Å². The molecule has 0 aromatic heterocycles. The number of benzene rings is 1. The number of rotatable bonds is 8. The Balaban J connectivity index is 3.01. The Bertz CT molecular complexity index is 511. The Hall–Kier alpha value is -1.73. The van der Waals surface area contributed by atoms with E-state index in [2.05, 4.69) is 0 Å². The van der Waals surface area contributed by atoms with Crippen LogP contribution in [0.4, 0.5) is 4.39 Å². The quantitative estimate of drug-likeness (QED) is 0.738. The number of nitrogens with two attached hydrogens (primary N) is 1. The fraction of sp³-hybridized carbons (Fsp3) is 0.429. The molecular weight excluding hydrogens is 295 g/mol. The molecule has 2 N–H and O–H groups in total. The maximum absolute atomic E-state index is 14.0. The maximum atomic E-state index is 14.0. The first kappa shape index (κ1) is 17.3. The number of ether oxygens (including phenoxy) is 2. The van der Waals surface area contributed by atoms with E-state index >= 15 is 0 Å². The van der Waals surface area contributed by atoms with Crippen LogP contribution in [-0.2, 0) is 4.74 Å². The Kier molecular flexibility index (Phi) is 7.04. The molecule has 0 radical (unpaired) electrons. The lowest BCUT2D eigenvalue weighted by atomic mass is 10.1. The average Bonchev–Trinajstić information content (AvgIpc) is 2.46. The summed E-state index contributed by atoms with van der Waals surface area (Å²) in [5, 5.41) is 0. The highest BCUT2D eigenvalue weighted by Gasteiger charge is 2.23. The molecule has 0 aliphatic rings. The van der Waals surface area contributed by atoms with Crippen LogP contribution >= 0.6 is 12.2 Å². The Labute approximate surface area is 128 Å². The zero-order valence-corrected chi connectivity index (χ0v) is 12.9. The van der Waals surface area contributed by atoms with Crippen LogP contribution in [0.1, 0.15) is 16.8 Å². The van der Waals surface area contributed by atoms with Gasteiger partial charge in [-0.15, -0.1) is 0 Å². The van der Waals surface area contributed by atoms with Crippen LogP contribution in [-0.4, -0.2) is 49.7 Å². The lowest BCUT2D eigenvalue weighted by molar-refractivity contribution is 0.0693. The Morgan fingerprint density at radius 2 is 2.10 bits per heavy atom. The van der Waals surface area contributed by atoms with Gasteiger partial charge in [-0.1, -0.05) is 18.3 Å². The third-order valence-electron chi connectivity index (χ3n) is 2.89. The van der Waals surface area contributed by atoms with Gasteiger partial charge in [0.1, 0.15) is 17.1 Å². The van der Waals surface area contributed by atoms with E-state index in [-0.39, 0.29) is 11.3 Å². The minimum absolute atomic E-state index is 0.0981. The lowest BCUT2D eigenvalue weighted by Crippen LogP contribution is -2.37. The molecule has 0 bridgehead atoms. The first-order valence-electron chi connectivity index (χ1n) is 6.40. The molecule has 5 nitrogen and oxygen atoms in total. The predicted molar refractivity (Wildman–Crippen MR) is 82.1 cm³/mol. The smallest absolute Gasteiger partial charge is 0.260 e. The van der Waals surface area contributed by atoms with Gasteiger partial charge in [-0.2, -0.15) is 0 Å². The number of thiocarbonyl (C=S) groups is 1. The first-order chi connectivity index (χ1) is 10.0. The van der Waals surface area contributed by atoms with Crippen molar-refractivity contribution in [3.05, 3.63) is 29.6 Å². The summed E-state index contributed by atoms with van der Waals surface area (Å²) in [6.07, 6.45) is 0.363. The van der Waals surface area contributed by atoms with Gasteiger partial charge in [0.25, 0.3) is 5.91 Å². The van der Waals surface area contributed by atoms with Crippen LogP contribution < -0.4 is 10.5 Å².